The summed E-state index contributed by atoms with van der Waals surface area (Å²) in [7, 11) is 0. The lowest BCUT2D eigenvalue weighted by molar-refractivity contribution is 0.125. The van der Waals surface area contributed by atoms with Gasteiger partial charge < -0.3 is 4.74 Å². The van der Waals surface area contributed by atoms with E-state index in [1.165, 1.54) is 135 Å². The van der Waals surface area contributed by atoms with E-state index in [0.717, 1.165) is 26.1 Å². The van der Waals surface area contributed by atoms with E-state index in [0.29, 0.717) is 0 Å². The predicted molar refractivity (Wildman–Crippen MR) is 128 cm³/mol. The van der Waals surface area contributed by atoms with Gasteiger partial charge in [-0.15, -0.1) is 0 Å². The molecule has 1 heteroatoms. The Hall–Kier alpha value is -0.0400. The second-order valence-corrected chi connectivity index (χ2v) is 8.74. The molecule has 0 N–H and O–H groups in total. The third kappa shape index (κ3) is 26.0. The normalized spacial score (nSPS) is 11.4. The minimum absolute atomic E-state index is 0.981. The monoisotopic (exact) mass is 394 g/mol. The smallest absolute Gasteiger partial charge is 0.0466 e. The van der Waals surface area contributed by atoms with Crippen molar-refractivity contribution in [2.75, 3.05) is 13.2 Å². The SMILES string of the molecule is [CH2]CCCCCCCCCCCCCCCCOCCCCCCCCC[CH2]. The van der Waals surface area contributed by atoms with Gasteiger partial charge in [-0.2, -0.15) is 0 Å². The van der Waals surface area contributed by atoms with Gasteiger partial charge in [0.15, 0.2) is 0 Å². The standard InChI is InChI=1S/C27H54O/c1-3-5-7-9-11-13-14-15-16-17-18-19-21-23-25-27-28-26-24-22-20-12-10-8-6-4-2/h1-27H2. The van der Waals surface area contributed by atoms with Crippen LogP contribution in [0, 0.1) is 13.8 Å². The van der Waals surface area contributed by atoms with Crippen molar-refractivity contribution in [3.8, 4) is 0 Å². The van der Waals surface area contributed by atoms with E-state index in [1.807, 2.05) is 0 Å². The molecule has 0 fully saturated rings. The summed E-state index contributed by atoms with van der Waals surface area (Å²) >= 11 is 0. The second kappa shape index (κ2) is 27.0. The molecule has 0 bridgehead atoms. The molecule has 0 aliphatic heterocycles. The second-order valence-electron chi connectivity index (χ2n) is 8.74. The molecule has 0 heterocycles. The molecule has 0 unspecified atom stereocenters. The van der Waals surface area contributed by atoms with E-state index >= 15 is 0 Å². The quantitative estimate of drug-likeness (QED) is 0.140. The summed E-state index contributed by atoms with van der Waals surface area (Å²) in [4.78, 5) is 0. The first-order valence-corrected chi connectivity index (χ1v) is 13.1. The zero-order valence-corrected chi connectivity index (χ0v) is 19.5. The summed E-state index contributed by atoms with van der Waals surface area (Å²) in [6.07, 6.45) is 31.5. The lowest BCUT2D eigenvalue weighted by Crippen LogP contribution is -1.97. The molecule has 0 aliphatic carbocycles. The maximum absolute atomic E-state index is 5.78. The third-order valence-electron chi connectivity index (χ3n) is 5.83. The first kappa shape index (κ1) is 28.0. The van der Waals surface area contributed by atoms with E-state index in [-0.39, 0.29) is 0 Å². The molecule has 0 saturated heterocycles. The molecule has 0 atom stereocenters. The molecule has 0 aromatic heterocycles. The Labute approximate surface area is 179 Å². The van der Waals surface area contributed by atoms with Gasteiger partial charge in [-0.1, -0.05) is 149 Å². The van der Waals surface area contributed by atoms with E-state index in [2.05, 4.69) is 13.8 Å². The molecule has 0 saturated carbocycles. The molecule has 0 spiro atoms. The van der Waals surface area contributed by atoms with Gasteiger partial charge >= 0.3 is 0 Å². The minimum Gasteiger partial charge on any atom is -0.381 e. The van der Waals surface area contributed by atoms with Crippen LogP contribution in [-0.4, -0.2) is 13.2 Å². The molecule has 2 radical (unpaired) electrons. The first-order valence-electron chi connectivity index (χ1n) is 13.1. The number of ether oxygens (including phenoxy) is 1. The summed E-state index contributed by atoms with van der Waals surface area (Å²) in [5, 5.41) is 0. The molecular formula is C27H54O. The fourth-order valence-electron chi connectivity index (χ4n) is 3.87. The van der Waals surface area contributed by atoms with Crippen LogP contribution in [0.2, 0.25) is 0 Å². The predicted octanol–water partition coefficient (Wildman–Crippen LogP) is 9.64. The van der Waals surface area contributed by atoms with Gasteiger partial charge in [0.25, 0.3) is 0 Å². The van der Waals surface area contributed by atoms with Gasteiger partial charge in [-0.05, 0) is 12.8 Å². The van der Waals surface area contributed by atoms with Crippen LogP contribution in [0.4, 0.5) is 0 Å². The van der Waals surface area contributed by atoms with E-state index in [4.69, 9.17) is 4.74 Å². The number of rotatable bonds is 25. The lowest BCUT2D eigenvalue weighted by Gasteiger charge is -2.05. The molecule has 28 heavy (non-hydrogen) atoms. The van der Waals surface area contributed by atoms with Crippen molar-refractivity contribution in [2.24, 2.45) is 0 Å². The summed E-state index contributed by atoms with van der Waals surface area (Å²) in [5.41, 5.74) is 0. The van der Waals surface area contributed by atoms with E-state index in [9.17, 15) is 0 Å². The summed E-state index contributed by atoms with van der Waals surface area (Å²) < 4.78 is 5.78. The zero-order chi connectivity index (χ0) is 20.4. The van der Waals surface area contributed by atoms with Crippen LogP contribution in [0.1, 0.15) is 148 Å². The largest absolute Gasteiger partial charge is 0.381 e. The molecule has 168 valence electrons. The van der Waals surface area contributed by atoms with Gasteiger partial charge in [-0.25, -0.2) is 0 Å². The van der Waals surface area contributed by atoms with Crippen LogP contribution < -0.4 is 0 Å². The van der Waals surface area contributed by atoms with E-state index in [1.54, 1.807) is 0 Å². The maximum atomic E-state index is 5.78. The van der Waals surface area contributed by atoms with Gasteiger partial charge in [-0.3, -0.25) is 0 Å². The lowest BCUT2D eigenvalue weighted by atomic mass is 10.0. The van der Waals surface area contributed by atoms with Crippen molar-refractivity contribution in [3.05, 3.63) is 13.8 Å². The zero-order valence-electron chi connectivity index (χ0n) is 19.5. The van der Waals surface area contributed by atoms with E-state index < -0.39 is 0 Å². The fraction of sp³-hybridized carbons (Fsp3) is 0.926. The Balaban J connectivity index is 2.96. The Morgan fingerprint density at radius 1 is 0.286 bits per heavy atom. The average molecular weight is 395 g/mol. The summed E-state index contributed by atoms with van der Waals surface area (Å²) in [5.74, 6) is 0. The molecular weight excluding hydrogens is 340 g/mol. The molecule has 0 rings (SSSR count). The first-order chi connectivity index (χ1) is 13.9. The topological polar surface area (TPSA) is 9.23 Å². The molecule has 0 aliphatic rings. The average Bonchev–Trinajstić information content (AvgIpc) is 2.71. The van der Waals surface area contributed by atoms with Crippen LogP contribution in [0.25, 0.3) is 0 Å². The summed E-state index contributed by atoms with van der Waals surface area (Å²) in [6, 6.07) is 0. The highest BCUT2D eigenvalue weighted by Crippen LogP contribution is 2.13. The van der Waals surface area contributed by atoms with Crippen molar-refractivity contribution in [1.29, 1.82) is 0 Å². The molecule has 0 aromatic carbocycles. The highest BCUT2D eigenvalue weighted by atomic mass is 16.5. The number of hydrogen-bond donors (Lipinski definition) is 0. The number of unbranched alkanes of at least 4 members (excludes halogenated alkanes) is 21. The van der Waals surface area contributed by atoms with Crippen molar-refractivity contribution in [2.45, 2.75) is 148 Å². The Bertz CT molecular complexity index is 225. The van der Waals surface area contributed by atoms with Crippen molar-refractivity contribution in [3.63, 3.8) is 0 Å². The van der Waals surface area contributed by atoms with Crippen LogP contribution in [0.5, 0.6) is 0 Å². The number of hydrogen-bond acceptors (Lipinski definition) is 1. The summed E-state index contributed by atoms with van der Waals surface area (Å²) in [6.45, 7) is 9.77. The Kier molecular flexibility index (Phi) is 26.9. The van der Waals surface area contributed by atoms with Crippen LogP contribution in [0.3, 0.4) is 0 Å². The van der Waals surface area contributed by atoms with Gasteiger partial charge in [0.1, 0.15) is 0 Å². The molecule has 0 aromatic rings. The maximum Gasteiger partial charge on any atom is 0.0466 e. The third-order valence-corrected chi connectivity index (χ3v) is 5.83. The van der Waals surface area contributed by atoms with Crippen LogP contribution in [0.15, 0.2) is 0 Å². The van der Waals surface area contributed by atoms with Crippen molar-refractivity contribution < 1.29 is 4.74 Å². The molecule has 1 nitrogen and oxygen atoms in total. The Morgan fingerprint density at radius 2 is 0.500 bits per heavy atom. The molecule has 0 amide bonds. The fourth-order valence-corrected chi connectivity index (χ4v) is 3.87. The van der Waals surface area contributed by atoms with Crippen LogP contribution in [-0.2, 0) is 4.74 Å². The highest BCUT2D eigenvalue weighted by molar-refractivity contribution is 4.51. The van der Waals surface area contributed by atoms with Gasteiger partial charge in [0.2, 0.25) is 0 Å². The van der Waals surface area contributed by atoms with Gasteiger partial charge in [0.05, 0.1) is 0 Å². The van der Waals surface area contributed by atoms with Crippen molar-refractivity contribution >= 4 is 0 Å². The van der Waals surface area contributed by atoms with Crippen LogP contribution >= 0.6 is 0 Å². The highest BCUT2D eigenvalue weighted by Gasteiger charge is 1.95. The van der Waals surface area contributed by atoms with Gasteiger partial charge in [0, 0.05) is 13.2 Å². The minimum atomic E-state index is 0.981. The van der Waals surface area contributed by atoms with Crippen molar-refractivity contribution in [1.82, 2.24) is 0 Å². The Morgan fingerprint density at radius 3 is 0.750 bits per heavy atom.